The minimum Gasteiger partial charge on any atom is -0.463 e. The van der Waals surface area contributed by atoms with E-state index >= 15 is 0 Å². The molecule has 1 aliphatic rings. The fraction of sp³-hybridized carbons (Fsp3) is 0.611. The van der Waals surface area contributed by atoms with Crippen molar-refractivity contribution in [2.45, 2.75) is 57.9 Å². The second-order valence-electron chi connectivity index (χ2n) is 6.92. The second kappa shape index (κ2) is 9.96. The van der Waals surface area contributed by atoms with E-state index in [2.05, 4.69) is 17.2 Å². The maximum absolute atomic E-state index is 12.1. The summed E-state index contributed by atoms with van der Waals surface area (Å²) in [6.07, 6.45) is -0.0305. The van der Waals surface area contributed by atoms with Crippen LogP contribution in [-0.2, 0) is 19.0 Å². The van der Waals surface area contributed by atoms with E-state index in [0.717, 1.165) is 0 Å². The van der Waals surface area contributed by atoms with Gasteiger partial charge in [0.05, 0.1) is 24.8 Å². The number of esters is 1. The zero-order chi connectivity index (χ0) is 20.6. The predicted octanol–water partition coefficient (Wildman–Crippen LogP) is 1.41. The van der Waals surface area contributed by atoms with Crippen LogP contribution in [0.3, 0.4) is 0 Å². The highest BCUT2D eigenvalue weighted by atomic mass is 16.6. The van der Waals surface area contributed by atoms with E-state index in [4.69, 9.17) is 14.2 Å². The first-order chi connectivity index (χ1) is 12.6. The van der Waals surface area contributed by atoms with E-state index in [9.17, 15) is 19.5 Å². The van der Waals surface area contributed by atoms with E-state index < -0.39 is 41.9 Å². The zero-order valence-corrected chi connectivity index (χ0v) is 16.1. The van der Waals surface area contributed by atoms with Crippen molar-refractivity contribution in [1.82, 2.24) is 10.6 Å². The molecule has 0 aromatic carbocycles. The van der Waals surface area contributed by atoms with Crippen LogP contribution in [0.5, 0.6) is 0 Å². The molecule has 1 aliphatic carbocycles. The Morgan fingerprint density at radius 3 is 2.48 bits per heavy atom. The molecule has 3 atom stereocenters. The van der Waals surface area contributed by atoms with Crippen LogP contribution in [-0.4, -0.2) is 60.3 Å². The topological polar surface area (TPSA) is 123 Å². The van der Waals surface area contributed by atoms with E-state index in [1.807, 2.05) is 0 Å². The van der Waals surface area contributed by atoms with Crippen LogP contribution in [0.25, 0.3) is 0 Å². The van der Waals surface area contributed by atoms with E-state index in [1.54, 1.807) is 27.7 Å². The molecule has 3 N–H and O–H groups in total. The first kappa shape index (κ1) is 22.5. The molecule has 0 aromatic heterocycles. The summed E-state index contributed by atoms with van der Waals surface area (Å²) in [5.41, 5.74) is -0.540. The monoisotopic (exact) mass is 384 g/mol. The summed E-state index contributed by atoms with van der Waals surface area (Å²) in [6, 6.07) is -1.73. The van der Waals surface area contributed by atoms with Crippen LogP contribution in [0.4, 0.5) is 9.59 Å². The molecule has 0 bridgehead atoms. The van der Waals surface area contributed by atoms with Gasteiger partial charge in [-0.25, -0.2) is 14.4 Å². The summed E-state index contributed by atoms with van der Waals surface area (Å²) in [5, 5.41) is 15.5. The average molecular weight is 384 g/mol. The number of hydrogen-bond acceptors (Lipinski definition) is 7. The molecule has 9 nitrogen and oxygen atoms in total. The third-order valence-corrected chi connectivity index (χ3v) is 3.47. The van der Waals surface area contributed by atoms with Gasteiger partial charge in [0.25, 0.3) is 0 Å². The Morgan fingerprint density at radius 2 is 1.93 bits per heavy atom. The molecule has 0 aliphatic heterocycles. The summed E-state index contributed by atoms with van der Waals surface area (Å²) in [7, 11) is 0. The first-order valence-corrected chi connectivity index (χ1v) is 8.67. The molecule has 0 heterocycles. The first-order valence-electron chi connectivity index (χ1n) is 8.67. The van der Waals surface area contributed by atoms with Gasteiger partial charge in [0.15, 0.2) is 0 Å². The van der Waals surface area contributed by atoms with Gasteiger partial charge < -0.3 is 30.0 Å². The largest absolute Gasteiger partial charge is 0.463 e. The highest BCUT2D eigenvalue weighted by molar-refractivity contribution is 5.89. The van der Waals surface area contributed by atoms with Crippen LogP contribution < -0.4 is 10.6 Å². The number of ether oxygens (including phenoxy) is 3. The lowest BCUT2D eigenvalue weighted by Gasteiger charge is -2.35. The molecule has 2 amide bonds. The fourth-order valence-corrected chi connectivity index (χ4v) is 2.45. The van der Waals surface area contributed by atoms with Gasteiger partial charge in [0, 0.05) is 12.0 Å². The number of carbonyl (C=O) groups excluding carboxylic acids is 3. The standard InChI is InChI=1S/C18H28N2O7/c1-6-8-26-16(23)19-12-9-11(15(22)25-7-2)10-13(21)14(12)20-17(24)27-18(3,4)5/h6,10,12-14,21H,1,7-9H2,2-5H3,(H,19,23)(H,20,24)/t12-,13+,14+/m1/s1. The Bertz CT molecular complexity index is 595. The molecule has 0 unspecified atom stereocenters. The summed E-state index contributed by atoms with van der Waals surface area (Å²) < 4.78 is 15.0. The lowest BCUT2D eigenvalue weighted by molar-refractivity contribution is -0.139. The number of hydrogen-bond donors (Lipinski definition) is 3. The van der Waals surface area contributed by atoms with Gasteiger partial charge in [0.1, 0.15) is 12.2 Å². The van der Waals surface area contributed by atoms with Gasteiger partial charge in [-0.3, -0.25) is 0 Å². The lowest BCUT2D eigenvalue weighted by atomic mass is 9.88. The van der Waals surface area contributed by atoms with Gasteiger partial charge in [-0.05, 0) is 33.8 Å². The number of amides is 2. The maximum Gasteiger partial charge on any atom is 0.408 e. The third kappa shape index (κ3) is 7.69. The molecule has 0 saturated carbocycles. The Labute approximate surface area is 158 Å². The quantitative estimate of drug-likeness (QED) is 0.359. The maximum atomic E-state index is 12.1. The molecule has 0 fully saturated rings. The molecule has 0 spiro atoms. The number of nitrogens with one attached hydrogen (secondary N) is 2. The van der Waals surface area contributed by atoms with Crippen molar-refractivity contribution in [2.75, 3.05) is 13.2 Å². The van der Waals surface area contributed by atoms with Gasteiger partial charge in [0.2, 0.25) is 0 Å². The molecule has 27 heavy (non-hydrogen) atoms. The van der Waals surface area contributed by atoms with Gasteiger partial charge >= 0.3 is 18.2 Å². The minimum absolute atomic E-state index is 0.00809. The summed E-state index contributed by atoms with van der Waals surface area (Å²) in [5.74, 6) is -0.599. The molecule has 0 radical (unpaired) electrons. The summed E-state index contributed by atoms with van der Waals surface area (Å²) in [4.78, 5) is 36.0. The van der Waals surface area contributed by atoms with Gasteiger partial charge in [-0.15, -0.1) is 0 Å². The summed E-state index contributed by atoms with van der Waals surface area (Å²) >= 11 is 0. The Hall–Kier alpha value is -2.55. The molecule has 1 rings (SSSR count). The van der Waals surface area contributed by atoms with Crippen molar-refractivity contribution in [3.05, 3.63) is 24.3 Å². The number of alkyl carbamates (subject to hydrolysis) is 2. The number of rotatable bonds is 6. The van der Waals surface area contributed by atoms with Crippen molar-refractivity contribution in [3.8, 4) is 0 Å². The molecular formula is C18H28N2O7. The van der Waals surface area contributed by atoms with Gasteiger partial charge in [-0.1, -0.05) is 12.7 Å². The average Bonchev–Trinajstić information content (AvgIpc) is 2.54. The van der Waals surface area contributed by atoms with Crippen molar-refractivity contribution < 1.29 is 33.7 Å². The van der Waals surface area contributed by atoms with E-state index in [1.165, 1.54) is 12.2 Å². The van der Waals surface area contributed by atoms with Crippen LogP contribution in [0.2, 0.25) is 0 Å². The van der Waals surface area contributed by atoms with E-state index in [0.29, 0.717) is 0 Å². The van der Waals surface area contributed by atoms with Crippen LogP contribution in [0.1, 0.15) is 34.1 Å². The SMILES string of the molecule is C=CCOC(=O)N[C@@H]1CC(C(=O)OCC)=C[C@H](O)[C@H]1NC(=O)OC(C)(C)C. The molecule has 0 aromatic rings. The number of carbonyl (C=O) groups is 3. The minimum atomic E-state index is -1.24. The molecule has 152 valence electrons. The smallest absolute Gasteiger partial charge is 0.408 e. The van der Waals surface area contributed by atoms with Crippen molar-refractivity contribution in [1.29, 1.82) is 0 Å². The molecular weight excluding hydrogens is 356 g/mol. The van der Waals surface area contributed by atoms with E-state index in [-0.39, 0.29) is 25.2 Å². The Morgan fingerprint density at radius 1 is 1.26 bits per heavy atom. The second-order valence-corrected chi connectivity index (χ2v) is 6.92. The van der Waals surface area contributed by atoms with Crippen LogP contribution >= 0.6 is 0 Å². The van der Waals surface area contributed by atoms with Crippen LogP contribution in [0, 0.1) is 0 Å². The normalized spacial score (nSPS) is 22.1. The predicted molar refractivity (Wildman–Crippen MR) is 97.0 cm³/mol. The Kier molecular flexibility index (Phi) is 8.30. The van der Waals surface area contributed by atoms with Crippen molar-refractivity contribution >= 4 is 18.2 Å². The van der Waals surface area contributed by atoms with Crippen molar-refractivity contribution in [2.24, 2.45) is 0 Å². The molecule has 9 heteroatoms. The lowest BCUT2D eigenvalue weighted by Crippen LogP contribution is -2.59. The number of aliphatic hydroxyl groups excluding tert-OH is 1. The van der Waals surface area contributed by atoms with Crippen LogP contribution in [0.15, 0.2) is 24.3 Å². The van der Waals surface area contributed by atoms with Gasteiger partial charge in [-0.2, -0.15) is 0 Å². The highest BCUT2D eigenvalue weighted by Gasteiger charge is 2.37. The molecule has 0 saturated heterocycles. The Balaban J connectivity index is 2.96. The highest BCUT2D eigenvalue weighted by Crippen LogP contribution is 2.22. The zero-order valence-electron chi connectivity index (χ0n) is 16.1. The third-order valence-electron chi connectivity index (χ3n) is 3.47. The summed E-state index contributed by atoms with van der Waals surface area (Å²) in [6.45, 7) is 10.4. The van der Waals surface area contributed by atoms with Crippen molar-refractivity contribution in [3.63, 3.8) is 0 Å². The fourth-order valence-electron chi connectivity index (χ4n) is 2.45. The number of aliphatic hydroxyl groups is 1.